The highest BCUT2D eigenvalue weighted by molar-refractivity contribution is 6.36. The molecule has 1 rings (SSSR count). The third-order valence-electron chi connectivity index (χ3n) is 3.00. The van der Waals surface area contributed by atoms with Crippen molar-refractivity contribution in [2.75, 3.05) is 6.54 Å². The number of nitrogens with zero attached hydrogens (tertiary/aromatic N) is 2. The van der Waals surface area contributed by atoms with Gasteiger partial charge in [0.15, 0.2) is 0 Å². The molecule has 106 valence electrons. The van der Waals surface area contributed by atoms with E-state index in [1.807, 2.05) is 13.8 Å². The molecule has 0 atom stereocenters. The van der Waals surface area contributed by atoms with Crippen molar-refractivity contribution in [2.24, 2.45) is 5.10 Å². The molecular formula is C12H19N3O4. The van der Waals surface area contributed by atoms with Crippen molar-refractivity contribution in [2.45, 2.75) is 45.6 Å². The molecule has 0 saturated heterocycles. The zero-order chi connectivity index (χ0) is 14.4. The van der Waals surface area contributed by atoms with Crippen LogP contribution >= 0.6 is 0 Å². The molecule has 2 amide bonds. The summed E-state index contributed by atoms with van der Waals surface area (Å²) in [5.41, 5.74) is -0.0880. The van der Waals surface area contributed by atoms with Crippen LogP contribution in [0.3, 0.4) is 0 Å². The smallest absolute Gasteiger partial charge is 0.352 e. The molecule has 0 saturated carbocycles. The minimum atomic E-state index is -1.15. The number of hydrazone groups is 1. The summed E-state index contributed by atoms with van der Waals surface area (Å²) in [6, 6.07) is 0.0651. The van der Waals surface area contributed by atoms with Gasteiger partial charge < -0.3 is 10.4 Å². The first-order valence-corrected chi connectivity index (χ1v) is 6.38. The summed E-state index contributed by atoms with van der Waals surface area (Å²) in [4.78, 5) is 34.1. The maximum absolute atomic E-state index is 11.7. The van der Waals surface area contributed by atoms with Gasteiger partial charge in [0.1, 0.15) is 12.3 Å². The van der Waals surface area contributed by atoms with E-state index in [1.54, 1.807) is 0 Å². The monoisotopic (exact) mass is 269 g/mol. The van der Waals surface area contributed by atoms with Crippen molar-refractivity contribution in [1.29, 1.82) is 0 Å². The molecule has 0 aromatic rings. The number of carboxylic acids is 1. The molecule has 0 fully saturated rings. The number of rotatable bonds is 6. The van der Waals surface area contributed by atoms with Crippen LogP contribution in [-0.2, 0) is 14.4 Å². The standard InChI is InChI=1S/C12H19N3O4/c1-3-8(4-2)13-10(16)7-15-11(17)6-5-9(14-15)12(18)19/h8H,3-7H2,1-2H3,(H,13,16)(H,18,19). The number of hydrogen-bond acceptors (Lipinski definition) is 4. The quantitative estimate of drug-likeness (QED) is 0.727. The Balaban J connectivity index is 2.63. The van der Waals surface area contributed by atoms with Crippen molar-refractivity contribution in [1.82, 2.24) is 10.3 Å². The average Bonchev–Trinajstić information content (AvgIpc) is 2.38. The first-order valence-electron chi connectivity index (χ1n) is 6.38. The fourth-order valence-electron chi connectivity index (χ4n) is 1.78. The second-order valence-corrected chi connectivity index (χ2v) is 4.38. The summed E-state index contributed by atoms with van der Waals surface area (Å²) in [7, 11) is 0. The highest BCUT2D eigenvalue weighted by Gasteiger charge is 2.25. The largest absolute Gasteiger partial charge is 0.477 e. The Morgan fingerprint density at radius 2 is 2.00 bits per heavy atom. The van der Waals surface area contributed by atoms with Gasteiger partial charge in [0.2, 0.25) is 11.8 Å². The van der Waals surface area contributed by atoms with Crippen LogP contribution in [0.2, 0.25) is 0 Å². The number of aliphatic carboxylic acids is 1. The van der Waals surface area contributed by atoms with E-state index in [4.69, 9.17) is 5.11 Å². The van der Waals surface area contributed by atoms with E-state index in [0.717, 1.165) is 17.9 Å². The predicted molar refractivity (Wildman–Crippen MR) is 68.5 cm³/mol. The number of carbonyl (C=O) groups excluding carboxylic acids is 2. The second kappa shape index (κ2) is 6.86. The van der Waals surface area contributed by atoms with Crippen LogP contribution in [0.4, 0.5) is 0 Å². The van der Waals surface area contributed by atoms with Gasteiger partial charge in [-0.05, 0) is 12.8 Å². The first kappa shape index (κ1) is 15.1. The van der Waals surface area contributed by atoms with Gasteiger partial charge in [-0.3, -0.25) is 9.59 Å². The van der Waals surface area contributed by atoms with Crippen LogP contribution in [0, 0.1) is 0 Å². The minimum Gasteiger partial charge on any atom is -0.477 e. The summed E-state index contributed by atoms with van der Waals surface area (Å²) in [5.74, 6) is -1.81. The van der Waals surface area contributed by atoms with Crippen LogP contribution in [0.25, 0.3) is 0 Å². The predicted octanol–water partition coefficient (Wildman–Crippen LogP) is 0.354. The molecule has 0 aromatic carbocycles. The van der Waals surface area contributed by atoms with Crippen molar-refractivity contribution < 1.29 is 19.5 Å². The lowest BCUT2D eigenvalue weighted by Gasteiger charge is -2.23. The summed E-state index contributed by atoms with van der Waals surface area (Å²) in [6.45, 7) is 3.69. The summed E-state index contributed by atoms with van der Waals surface area (Å²) in [6.07, 6.45) is 1.79. The Morgan fingerprint density at radius 1 is 1.37 bits per heavy atom. The van der Waals surface area contributed by atoms with Gasteiger partial charge in [0, 0.05) is 18.9 Å². The zero-order valence-corrected chi connectivity index (χ0v) is 11.2. The topological polar surface area (TPSA) is 99.1 Å². The van der Waals surface area contributed by atoms with E-state index in [1.165, 1.54) is 0 Å². The van der Waals surface area contributed by atoms with Crippen LogP contribution in [0.15, 0.2) is 5.10 Å². The van der Waals surface area contributed by atoms with E-state index in [0.29, 0.717) is 0 Å². The molecule has 0 radical (unpaired) electrons. The summed E-state index contributed by atoms with van der Waals surface area (Å²) in [5, 5.41) is 16.2. The molecule has 2 N–H and O–H groups in total. The van der Waals surface area contributed by atoms with E-state index < -0.39 is 5.97 Å². The van der Waals surface area contributed by atoms with E-state index >= 15 is 0 Å². The van der Waals surface area contributed by atoms with Crippen molar-refractivity contribution >= 4 is 23.5 Å². The van der Waals surface area contributed by atoms with Crippen LogP contribution in [0.5, 0.6) is 0 Å². The highest BCUT2D eigenvalue weighted by atomic mass is 16.4. The van der Waals surface area contributed by atoms with Gasteiger partial charge >= 0.3 is 5.97 Å². The Morgan fingerprint density at radius 3 is 2.53 bits per heavy atom. The molecule has 0 bridgehead atoms. The van der Waals surface area contributed by atoms with Crippen molar-refractivity contribution in [3.63, 3.8) is 0 Å². The fourth-order valence-corrected chi connectivity index (χ4v) is 1.78. The van der Waals surface area contributed by atoms with Gasteiger partial charge in [0.25, 0.3) is 0 Å². The Kier molecular flexibility index (Phi) is 5.47. The average molecular weight is 269 g/mol. The van der Waals surface area contributed by atoms with E-state index in [-0.39, 0.29) is 43.0 Å². The lowest BCUT2D eigenvalue weighted by molar-refractivity contribution is -0.137. The molecule has 0 unspecified atom stereocenters. The van der Waals surface area contributed by atoms with Crippen LogP contribution in [-0.4, -0.2) is 46.2 Å². The maximum Gasteiger partial charge on any atom is 0.352 e. The van der Waals surface area contributed by atoms with Gasteiger partial charge in [-0.2, -0.15) is 5.10 Å². The lowest BCUT2D eigenvalue weighted by Crippen LogP contribution is -2.44. The molecule has 1 aliphatic rings. The molecule has 1 heterocycles. The molecule has 19 heavy (non-hydrogen) atoms. The number of amides is 2. The van der Waals surface area contributed by atoms with Crippen LogP contribution < -0.4 is 5.32 Å². The first-order chi connectivity index (χ1) is 8.97. The third-order valence-corrected chi connectivity index (χ3v) is 3.00. The molecule has 7 heteroatoms. The Bertz CT molecular complexity index is 402. The number of hydrogen-bond donors (Lipinski definition) is 2. The third kappa shape index (κ3) is 4.35. The van der Waals surface area contributed by atoms with Crippen molar-refractivity contribution in [3.8, 4) is 0 Å². The number of nitrogens with one attached hydrogen (secondary N) is 1. The molecule has 0 aromatic heterocycles. The fraction of sp³-hybridized carbons (Fsp3) is 0.667. The SMILES string of the molecule is CCC(CC)NC(=O)CN1N=C(C(=O)O)CCC1=O. The Hall–Kier alpha value is -1.92. The highest BCUT2D eigenvalue weighted by Crippen LogP contribution is 2.09. The molecule has 0 aliphatic carbocycles. The van der Waals surface area contributed by atoms with E-state index in [9.17, 15) is 14.4 Å². The van der Waals surface area contributed by atoms with Gasteiger partial charge in [-0.15, -0.1) is 0 Å². The molecule has 0 spiro atoms. The van der Waals surface area contributed by atoms with Crippen molar-refractivity contribution in [3.05, 3.63) is 0 Å². The van der Waals surface area contributed by atoms with E-state index in [2.05, 4.69) is 10.4 Å². The molecule has 1 aliphatic heterocycles. The molecular weight excluding hydrogens is 250 g/mol. The van der Waals surface area contributed by atoms with Crippen LogP contribution in [0.1, 0.15) is 39.5 Å². The minimum absolute atomic E-state index is 0.0651. The Labute approximate surface area is 111 Å². The second-order valence-electron chi connectivity index (χ2n) is 4.38. The lowest BCUT2D eigenvalue weighted by atomic mass is 10.1. The molecule has 7 nitrogen and oxygen atoms in total. The zero-order valence-electron chi connectivity index (χ0n) is 11.2. The van der Waals surface area contributed by atoms with Gasteiger partial charge in [-0.1, -0.05) is 13.8 Å². The number of carbonyl (C=O) groups is 3. The number of carboxylic acid groups (broad SMARTS) is 1. The van der Waals surface area contributed by atoms with Gasteiger partial charge in [-0.25, -0.2) is 9.80 Å². The summed E-state index contributed by atoms with van der Waals surface area (Å²) >= 11 is 0. The summed E-state index contributed by atoms with van der Waals surface area (Å²) < 4.78 is 0. The van der Waals surface area contributed by atoms with Gasteiger partial charge in [0.05, 0.1) is 0 Å². The normalized spacial score (nSPS) is 15.4. The maximum atomic E-state index is 11.7.